The number of carbonyl (C=O) groups is 1. The van der Waals surface area contributed by atoms with E-state index in [9.17, 15) is 4.79 Å². The van der Waals surface area contributed by atoms with Crippen molar-refractivity contribution in [3.63, 3.8) is 0 Å². The molecule has 2 heteroatoms. The zero-order valence-corrected chi connectivity index (χ0v) is 12.3. The summed E-state index contributed by atoms with van der Waals surface area (Å²) in [6.07, 6.45) is 5.48. The molecule has 0 radical (unpaired) electrons. The van der Waals surface area contributed by atoms with Gasteiger partial charge < -0.3 is 5.73 Å². The van der Waals surface area contributed by atoms with E-state index in [0.717, 1.165) is 36.1 Å². The van der Waals surface area contributed by atoms with Gasteiger partial charge >= 0.3 is 0 Å². The Bertz CT molecular complexity index is 470. The van der Waals surface area contributed by atoms with Crippen LogP contribution in [0.4, 0.5) is 5.69 Å². The second-order valence-electron chi connectivity index (χ2n) is 6.49. The third-order valence-electron chi connectivity index (χ3n) is 4.34. The fourth-order valence-corrected chi connectivity index (χ4v) is 3.58. The smallest absolute Gasteiger partial charge is 0.169 e. The topological polar surface area (TPSA) is 43.1 Å². The monoisotopic (exact) mass is 259 g/mol. The summed E-state index contributed by atoms with van der Waals surface area (Å²) in [5.74, 6) is 0.910. The Hall–Kier alpha value is -1.31. The number of ketones is 1. The van der Waals surface area contributed by atoms with Crippen LogP contribution in [0.3, 0.4) is 0 Å². The third kappa shape index (κ3) is 2.83. The molecule has 0 amide bonds. The van der Waals surface area contributed by atoms with Crippen LogP contribution < -0.4 is 5.73 Å². The Morgan fingerprint density at radius 2 is 1.95 bits per heavy atom. The second-order valence-corrected chi connectivity index (χ2v) is 6.49. The molecule has 0 aromatic heterocycles. The zero-order valence-electron chi connectivity index (χ0n) is 12.3. The van der Waals surface area contributed by atoms with Gasteiger partial charge in [-0.15, -0.1) is 0 Å². The van der Waals surface area contributed by atoms with Crippen molar-refractivity contribution in [1.29, 1.82) is 0 Å². The summed E-state index contributed by atoms with van der Waals surface area (Å²) in [4.78, 5) is 13.0. The van der Waals surface area contributed by atoms with Gasteiger partial charge in [0.2, 0.25) is 0 Å². The van der Waals surface area contributed by atoms with Crippen LogP contribution in [0.1, 0.15) is 61.9 Å². The van der Waals surface area contributed by atoms with E-state index in [1.807, 2.05) is 25.1 Å². The van der Waals surface area contributed by atoms with E-state index < -0.39 is 0 Å². The first kappa shape index (κ1) is 14.1. The van der Waals surface area contributed by atoms with E-state index in [-0.39, 0.29) is 5.41 Å². The highest BCUT2D eigenvalue weighted by Crippen LogP contribution is 2.46. The van der Waals surface area contributed by atoms with Gasteiger partial charge in [0.1, 0.15) is 0 Å². The van der Waals surface area contributed by atoms with Crippen molar-refractivity contribution in [1.82, 2.24) is 0 Å². The average molecular weight is 259 g/mol. The number of nitrogens with two attached hydrogens (primary N) is 1. The second kappa shape index (κ2) is 5.36. The van der Waals surface area contributed by atoms with Crippen molar-refractivity contribution < 1.29 is 4.79 Å². The number of anilines is 1. The summed E-state index contributed by atoms with van der Waals surface area (Å²) < 4.78 is 0. The maximum Gasteiger partial charge on any atom is 0.169 e. The summed E-state index contributed by atoms with van der Waals surface area (Å²) >= 11 is 0. The number of hydrogen-bond donors (Lipinski definition) is 1. The summed E-state index contributed by atoms with van der Waals surface area (Å²) in [5, 5.41) is 0. The molecular weight excluding hydrogens is 234 g/mol. The lowest BCUT2D eigenvalue weighted by Gasteiger charge is -2.30. The van der Waals surface area contributed by atoms with E-state index in [2.05, 4.69) is 13.8 Å². The number of carbonyl (C=O) groups excluding carboxylic acids is 1. The van der Waals surface area contributed by atoms with E-state index in [0.29, 0.717) is 11.7 Å². The van der Waals surface area contributed by atoms with Gasteiger partial charge in [-0.25, -0.2) is 0 Å². The van der Waals surface area contributed by atoms with Gasteiger partial charge in [-0.1, -0.05) is 26.7 Å². The van der Waals surface area contributed by atoms with Crippen LogP contribution in [0.2, 0.25) is 0 Å². The van der Waals surface area contributed by atoms with Gasteiger partial charge in [0.25, 0.3) is 0 Å². The molecule has 1 aliphatic carbocycles. The van der Waals surface area contributed by atoms with Crippen LogP contribution >= 0.6 is 0 Å². The summed E-state index contributed by atoms with van der Waals surface area (Å²) in [6, 6.07) is 5.66. The highest BCUT2D eigenvalue weighted by atomic mass is 16.1. The number of hydrogen-bond acceptors (Lipinski definition) is 2. The first-order valence-electron chi connectivity index (χ1n) is 7.35. The predicted molar refractivity (Wildman–Crippen MR) is 80.3 cm³/mol. The number of benzene rings is 1. The van der Waals surface area contributed by atoms with Crippen LogP contribution in [-0.4, -0.2) is 5.78 Å². The van der Waals surface area contributed by atoms with Crippen molar-refractivity contribution in [3.8, 4) is 0 Å². The summed E-state index contributed by atoms with van der Waals surface area (Å²) in [5.41, 5.74) is 8.29. The molecular formula is C17H25NO. The molecule has 104 valence electrons. The molecule has 0 heterocycles. The van der Waals surface area contributed by atoms with E-state index in [1.165, 1.54) is 12.8 Å². The molecule has 1 saturated carbocycles. The highest BCUT2D eigenvalue weighted by Gasteiger charge is 2.41. The molecule has 0 spiro atoms. The molecule has 2 N–H and O–H groups in total. The summed E-state index contributed by atoms with van der Waals surface area (Å²) in [7, 11) is 0. The molecule has 0 saturated heterocycles. The Kier molecular flexibility index (Phi) is 3.98. The van der Waals surface area contributed by atoms with Crippen molar-refractivity contribution in [3.05, 3.63) is 29.3 Å². The van der Waals surface area contributed by atoms with Crippen molar-refractivity contribution >= 4 is 11.5 Å². The van der Waals surface area contributed by atoms with Gasteiger partial charge in [0, 0.05) is 16.7 Å². The minimum atomic E-state index is -0.116. The van der Waals surface area contributed by atoms with Crippen LogP contribution in [0.25, 0.3) is 0 Å². The minimum Gasteiger partial charge on any atom is -0.399 e. The number of rotatable bonds is 4. The quantitative estimate of drug-likeness (QED) is 0.644. The standard InChI is InChI=1S/C17H25NO/c1-12(2)11-17(8-4-5-9-17)16(19)15-7-6-14(18)10-13(15)3/h6-7,10,12H,4-5,8-9,11,18H2,1-3H3. The van der Waals surface area contributed by atoms with Crippen molar-refractivity contribution in [2.75, 3.05) is 5.73 Å². The Morgan fingerprint density at radius 3 is 2.47 bits per heavy atom. The lowest BCUT2D eigenvalue weighted by atomic mass is 9.72. The Labute approximate surface area is 116 Å². The predicted octanol–water partition coefficient (Wildman–Crippen LogP) is 4.37. The highest BCUT2D eigenvalue weighted by molar-refractivity contribution is 6.02. The average Bonchev–Trinajstić information content (AvgIpc) is 2.77. The summed E-state index contributed by atoms with van der Waals surface area (Å²) in [6.45, 7) is 6.41. The maximum absolute atomic E-state index is 13.0. The van der Waals surface area contributed by atoms with E-state index in [4.69, 9.17) is 5.73 Å². The molecule has 1 aromatic rings. The first-order valence-corrected chi connectivity index (χ1v) is 7.35. The van der Waals surface area contributed by atoms with E-state index >= 15 is 0 Å². The van der Waals surface area contributed by atoms with Gasteiger partial charge in [-0.3, -0.25) is 4.79 Å². The van der Waals surface area contributed by atoms with Crippen molar-refractivity contribution in [2.24, 2.45) is 11.3 Å². The van der Waals surface area contributed by atoms with Gasteiger partial charge in [-0.2, -0.15) is 0 Å². The van der Waals surface area contributed by atoms with Gasteiger partial charge in [0.05, 0.1) is 0 Å². The van der Waals surface area contributed by atoms with Gasteiger partial charge in [0.15, 0.2) is 5.78 Å². The Balaban J connectivity index is 2.34. The fraction of sp³-hybridized carbons (Fsp3) is 0.588. The fourth-order valence-electron chi connectivity index (χ4n) is 3.58. The van der Waals surface area contributed by atoms with Gasteiger partial charge in [-0.05, 0) is 55.9 Å². The minimum absolute atomic E-state index is 0.116. The van der Waals surface area contributed by atoms with Crippen LogP contribution in [0.15, 0.2) is 18.2 Å². The first-order chi connectivity index (χ1) is 8.94. The van der Waals surface area contributed by atoms with Crippen LogP contribution in [0, 0.1) is 18.3 Å². The normalized spacial score (nSPS) is 17.9. The molecule has 1 fully saturated rings. The number of Topliss-reactive ketones (excluding diaryl/α,β-unsaturated/α-hetero) is 1. The lowest BCUT2D eigenvalue weighted by Crippen LogP contribution is -2.30. The third-order valence-corrected chi connectivity index (χ3v) is 4.34. The van der Waals surface area contributed by atoms with Crippen molar-refractivity contribution in [2.45, 2.75) is 52.9 Å². The zero-order chi connectivity index (χ0) is 14.0. The molecule has 1 aromatic carbocycles. The van der Waals surface area contributed by atoms with Crippen LogP contribution in [0.5, 0.6) is 0 Å². The molecule has 2 rings (SSSR count). The lowest BCUT2D eigenvalue weighted by molar-refractivity contribution is 0.0759. The Morgan fingerprint density at radius 1 is 1.32 bits per heavy atom. The molecule has 0 unspecified atom stereocenters. The molecule has 0 atom stereocenters. The largest absolute Gasteiger partial charge is 0.399 e. The molecule has 1 aliphatic rings. The maximum atomic E-state index is 13.0. The number of aryl methyl sites for hydroxylation is 1. The van der Waals surface area contributed by atoms with E-state index in [1.54, 1.807) is 0 Å². The molecule has 0 bridgehead atoms. The molecule has 19 heavy (non-hydrogen) atoms. The SMILES string of the molecule is Cc1cc(N)ccc1C(=O)C1(CC(C)C)CCCC1. The number of nitrogen functional groups attached to an aromatic ring is 1. The van der Waals surface area contributed by atoms with Crippen LogP contribution in [-0.2, 0) is 0 Å². The molecule has 2 nitrogen and oxygen atoms in total. The molecule has 0 aliphatic heterocycles.